The van der Waals surface area contributed by atoms with Gasteiger partial charge in [0, 0.05) is 11.5 Å². The summed E-state index contributed by atoms with van der Waals surface area (Å²) in [5.41, 5.74) is 2.71. The van der Waals surface area contributed by atoms with E-state index >= 15 is 0 Å². The van der Waals surface area contributed by atoms with Crippen LogP contribution in [0.1, 0.15) is 11.3 Å². The molecular weight excluding hydrogens is 394 g/mol. The number of ether oxygens (including phenoxy) is 2. The van der Waals surface area contributed by atoms with Gasteiger partial charge in [-0.25, -0.2) is 4.68 Å². The molecule has 0 saturated heterocycles. The normalized spacial score (nSPS) is 10.9. The van der Waals surface area contributed by atoms with Crippen molar-refractivity contribution in [1.29, 1.82) is 0 Å². The second-order valence-electron chi connectivity index (χ2n) is 7.17. The third kappa shape index (κ3) is 4.35. The van der Waals surface area contributed by atoms with Crippen molar-refractivity contribution in [2.24, 2.45) is 0 Å². The molecule has 0 N–H and O–H groups in total. The molecule has 0 aliphatic rings. The molecule has 4 aromatic rings. The van der Waals surface area contributed by atoms with E-state index < -0.39 is 5.97 Å². The SMILES string of the molecule is Cc1cc(=O)n(CC(=O)OCCOc2ccccc2)c2c1c(C)nn2-c1ccccc1. The molecule has 31 heavy (non-hydrogen) atoms. The Balaban J connectivity index is 1.57. The van der Waals surface area contributed by atoms with Crippen LogP contribution in [-0.2, 0) is 16.1 Å². The summed E-state index contributed by atoms with van der Waals surface area (Å²) >= 11 is 0. The number of benzene rings is 2. The Bertz CT molecular complexity index is 1260. The molecular formula is C24H23N3O4. The summed E-state index contributed by atoms with van der Waals surface area (Å²) < 4.78 is 13.9. The van der Waals surface area contributed by atoms with E-state index in [9.17, 15) is 9.59 Å². The van der Waals surface area contributed by atoms with Crippen LogP contribution in [0.3, 0.4) is 0 Å². The molecule has 0 unspecified atom stereocenters. The molecule has 2 heterocycles. The summed E-state index contributed by atoms with van der Waals surface area (Å²) in [4.78, 5) is 25.3. The van der Waals surface area contributed by atoms with Crippen molar-refractivity contribution in [3.63, 3.8) is 0 Å². The van der Waals surface area contributed by atoms with Gasteiger partial charge in [0.2, 0.25) is 0 Å². The first kappa shape index (κ1) is 20.4. The number of esters is 1. The topological polar surface area (TPSA) is 75.3 Å². The molecule has 0 saturated carbocycles. The standard InChI is InChI=1S/C24H23N3O4/c1-17-15-21(28)26(16-22(29)31-14-13-30-20-11-7-4-8-12-20)24-23(17)18(2)25-27(24)19-9-5-3-6-10-19/h3-12,15H,13-14,16H2,1-2H3. The lowest BCUT2D eigenvalue weighted by atomic mass is 10.1. The van der Waals surface area contributed by atoms with E-state index in [0.29, 0.717) is 11.4 Å². The zero-order valence-corrected chi connectivity index (χ0v) is 17.4. The fraction of sp³-hybridized carbons (Fsp3) is 0.208. The number of aryl methyl sites for hydroxylation is 2. The van der Waals surface area contributed by atoms with Crippen LogP contribution in [0.25, 0.3) is 16.7 Å². The zero-order valence-electron chi connectivity index (χ0n) is 17.4. The van der Waals surface area contributed by atoms with Crippen molar-refractivity contribution >= 4 is 17.0 Å². The van der Waals surface area contributed by atoms with Crippen molar-refractivity contribution in [3.05, 3.63) is 88.3 Å². The Labute approximate surface area is 179 Å². The molecule has 0 spiro atoms. The highest BCUT2D eigenvalue weighted by Crippen LogP contribution is 2.23. The highest BCUT2D eigenvalue weighted by atomic mass is 16.6. The van der Waals surface area contributed by atoms with Gasteiger partial charge < -0.3 is 9.47 Å². The Morgan fingerprint density at radius 2 is 1.65 bits per heavy atom. The number of carbonyl (C=O) groups excluding carboxylic acids is 1. The van der Waals surface area contributed by atoms with Crippen LogP contribution in [0.2, 0.25) is 0 Å². The molecule has 2 aromatic carbocycles. The summed E-state index contributed by atoms with van der Waals surface area (Å²) in [5, 5.41) is 5.47. The van der Waals surface area contributed by atoms with Gasteiger partial charge in [0.05, 0.1) is 11.4 Å². The van der Waals surface area contributed by atoms with E-state index in [1.54, 1.807) is 4.68 Å². The molecule has 158 valence electrons. The number of fused-ring (bicyclic) bond motifs is 1. The van der Waals surface area contributed by atoms with Crippen molar-refractivity contribution in [2.75, 3.05) is 13.2 Å². The molecule has 7 heteroatoms. The summed E-state index contributed by atoms with van der Waals surface area (Å²) in [6.07, 6.45) is 0. The van der Waals surface area contributed by atoms with Gasteiger partial charge in [-0.05, 0) is 43.7 Å². The van der Waals surface area contributed by atoms with E-state index in [-0.39, 0.29) is 25.3 Å². The van der Waals surface area contributed by atoms with E-state index in [1.807, 2.05) is 74.5 Å². The predicted molar refractivity (Wildman–Crippen MR) is 118 cm³/mol. The van der Waals surface area contributed by atoms with Crippen LogP contribution in [0.5, 0.6) is 5.75 Å². The highest BCUT2D eigenvalue weighted by molar-refractivity contribution is 5.84. The minimum absolute atomic E-state index is 0.0917. The molecule has 2 aromatic heterocycles. The average molecular weight is 417 g/mol. The highest BCUT2D eigenvalue weighted by Gasteiger charge is 2.19. The van der Waals surface area contributed by atoms with Gasteiger partial charge in [0.1, 0.15) is 31.2 Å². The molecule has 0 aliphatic carbocycles. The Kier molecular flexibility index (Phi) is 5.84. The van der Waals surface area contributed by atoms with Crippen LogP contribution in [0.15, 0.2) is 71.5 Å². The number of rotatable bonds is 7. The van der Waals surface area contributed by atoms with Crippen molar-refractivity contribution in [2.45, 2.75) is 20.4 Å². The Morgan fingerprint density at radius 3 is 2.35 bits per heavy atom. The van der Waals surface area contributed by atoms with Gasteiger partial charge in [0.15, 0.2) is 0 Å². The fourth-order valence-corrected chi connectivity index (χ4v) is 3.57. The maximum atomic E-state index is 12.8. The van der Waals surface area contributed by atoms with Crippen LogP contribution in [0, 0.1) is 13.8 Å². The Morgan fingerprint density at radius 1 is 0.968 bits per heavy atom. The van der Waals surface area contributed by atoms with Crippen LogP contribution < -0.4 is 10.3 Å². The first-order chi connectivity index (χ1) is 15.0. The van der Waals surface area contributed by atoms with Crippen molar-refractivity contribution < 1.29 is 14.3 Å². The monoisotopic (exact) mass is 417 g/mol. The molecule has 0 radical (unpaired) electrons. The van der Waals surface area contributed by atoms with Crippen LogP contribution >= 0.6 is 0 Å². The van der Waals surface area contributed by atoms with E-state index in [0.717, 1.165) is 22.3 Å². The fourth-order valence-electron chi connectivity index (χ4n) is 3.57. The number of carbonyl (C=O) groups is 1. The number of hydrogen-bond donors (Lipinski definition) is 0. The van der Waals surface area contributed by atoms with Gasteiger partial charge >= 0.3 is 5.97 Å². The summed E-state index contributed by atoms with van der Waals surface area (Å²) in [6.45, 7) is 3.88. The molecule has 4 rings (SSSR count). The Hall–Kier alpha value is -3.87. The van der Waals surface area contributed by atoms with Crippen molar-refractivity contribution in [3.8, 4) is 11.4 Å². The number of aromatic nitrogens is 3. The largest absolute Gasteiger partial charge is 0.490 e. The van der Waals surface area contributed by atoms with Gasteiger partial charge in [-0.1, -0.05) is 36.4 Å². The summed E-state index contributed by atoms with van der Waals surface area (Å²) in [5.74, 6) is 0.194. The minimum atomic E-state index is -0.512. The summed E-state index contributed by atoms with van der Waals surface area (Å²) in [6, 6.07) is 20.3. The lowest BCUT2D eigenvalue weighted by Gasteiger charge is -2.12. The first-order valence-corrected chi connectivity index (χ1v) is 10.0. The zero-order chi connectivity index (χ0) is 21.8. The first-order valence-electron chi connectivity index (χ1n) is 10.0. The smallest absolute Gasteiger partial charge is 0.326 e. The van der Waals surface area contributed by atoms with Gasteiger partial charge in [-0.15, -0.1) is 0 Å². The molecule has 0 amide bonds. The molecule has 0 fully saturated rings. The second kappa shape index (κ2) is 8.87. The molecule has 0 bridgehead atoms. The number of nitrogens with zero attached hydrogens (tertiary/aromatic N) is 3. The van der Waals surface area contributed by atoms with Crippen molar-refractivity contribution in [1.82, 2.24) is 14.3 Å². The lowest BCUT2D eigenvalue weighted by Crippen LogP contribution is -2.27. The second-order valence-corrected chi connectivity index (χ2v) is 7.17. The number of hydrogen-bond acceptors (Lipinski definition) is 5. The third-order valence-electron chi connectivity index (χ3n) is 4.94. The van der Waals surface area contributed by atoms with E-state index in [1.165, 1.54) is 10.6 Å². The maximum Gasteiger partial charge on any atom is 0.326 e. The van der Waals surface area contributed by atoms with E-state index in [4.69, 9.17) is 9.47 Å². The predicted octanol–water partition coefficient (Wildman–Crippen LogP) is 3.43. The maximum absolute atomic E-state index is 12.8. The van der Waals surface area contributed by atoms with E-state index in [2.05, 4.69) is 5.10 Å². The molecule has 0 atom stereocenters. The third-order valence-corrected chi connectivity index (χ3v) is 4.94. The summed E-state index contributed by atoms with van der Waals surface area (Å²) in [7, 11) is 0. The van der Waals surface area contributed by atoms with Gasteiger partial charge in [-0.2, -0.15) is 5.10 Å². The molecule has 0 aliphatic heterocycles. The lowest BCUT2D eigenvalue weighted by molar-refractivity contribution is -0.145. The minimum Gasteiger partial charge on any atom is -0.490 e. The quantitative estimate of drug-likeness (QED) is 0.340. The molecule has 7 nitrogen and oxygen atoms in total. The van der Waals surface area contributed by atoms with Crippen LogP contribution in [-0.4, -0.2) is 33.5 Å². The van der Waals surface area contributed by atoms with Gasteiger partial charge in [0.25, 0.3) is 5.56 Å². The number of pyridine rings is 1. The number of para-hydroxylation sites is 2. The van der Waals surface area contributed by atoms with Crippen LogP contribution in [0.4, 0.5) is 0 Å². The average Bonchev–Trinajstić information content (AvgIpc) is 3.13. The van der Waals surface area contributed by atoms with Gasteiger partial charge in [-0.3, -0.25) is 14.2 Å².